The third-order valence-corrected chi connectivity index (χ3v) is 4.30. The minimum atomic E-state index is -5.12. The van der Waals surface area contributed by atoms with Gasteiger partial charge in [-0.15, -0.1) is 0 Å². The number of rotatable bonds is 7. The normalized spacial score (nSPS) is 16.8. The Balaban J connectivity index is 2.67. The molecule has 1 rings (SSSR count). The molecule has 2 atom stereocenters. The molecule has 1 aromatic carbocycles. The van der Waals surface area contributed by atoms with Crippen LogP contribution in [0.4, 0.5) is 0 Å². The van der Waals surface area contributed by atoms with Crippen molar-refractivity contribution >= 4 is 15.6 Å². The molecular weight excluding hydrogens is 296 g/mol. The molecule has 0 spiro atoms. The summed E-state index contributed by atoms with van der Waals surface area (Å²) in [6.45, 7) is -0.107. The molecule has 0 aliphatic heterocycles. The average molecular weight is 311 g/mol. The Morgan fingerprint density at radius 3 is 2.21 bits per heavy atom. The van der Waals surface area contributed by atoms with E-state index in [1.807, 2.05) is 0 Å². The number of nitrogens with two attached hydrogens (primary N) is 1. The number of phosphoric ester groups is 1. The zero-order chi connectivity index (χ0) is 14.5. The summed E-state index contributed by atoms with van der Waals surface area (Å²) in [4.78, 5) is 26.1. The number of hydrogen-bond acceptors (Lipinski definition) is 5. The Kier molecular flexibility index (Phi) is 5.85. The van der Waals surface area contributed by atoms with Gasteiger partial charge in [-0.3, -0.25) is 4.52 Å². The summed E-state index contributed by atoms with van der Waals surface area (Å²) in [6, 6.07) is 8.87. The molecule has 0 bridgehead atoms. The van der Waals surface area contributed by atoms with Crippen LogP contribution in [-0.4, -0.2) is 27.3 Å². The van der Waals surface area contributed by atoms with Crippen molar-refractivity contribution in [1.82, 2.24) is 0 Å². The molecular formula is C9H15NO7P2. The molecule has 108 valence electrons. The van der Waals surface area contributed by atoms with Crippen LogP contribution < -0.4 is 5.73 Å². The van der Waals surface area contributed by atoms with E-state index in [0.29, 0.717) is 0 Å². The first kappa shape index (κ1) is 16.5. The van der Waals surface area contributed by atoms with E-state index in [4.69, 9.17) is 15.5 Å². The van der Waals surface area contributed by atoms with Crippen molar-refractivity contribution in [3.05, 3.63) is 35.9 Å². The third kappa shape index (κ3) is 6.96. The van der Waals surface area contributed by atoms with Gasteiger partial charge in [0.05, 0.1) is 6.10 Å². The first-order valence-electron chi connectivity index (χ1n) is 5.24. The molecule has 0 amide bonds. The van der Waals surface area contributed by atoms with Crippen molar-refractivity contribution in [2.45, 2.75) is 12.5 Å². The van der Waals surface area contributed by atoms with E-state index in [2.05, 4.69) is 8.83 Å². The van der Waals surface area contributed by atoms with Crippen LogP contribution in [0.5, 0.6) is 0 Å². The summed E-state index contributed by atoms with van der Waals surface area (Å²) >= 11 is 0. The maximum atomic E-state index is 11.4. The molecule has 0 radical (unpaired) electrons. The summed E-state index contributed by atoms with van der Waals surface area (Å²) in [5.74, 6) is 0. The Morgan fingerprint density at radius 2 is 1.74 bits per heavy atom. The zero-order valence-electron chi connectivity index (χ0n) is 9.82. The molecule has 0 saturated carbocycles. The lowest BCUT2D eigenvalue weighted by molar-refractivity contribution is 0.131. The Morgan fingerprint density at radius 1 is 1.16 bits per heavy atom. The van der Waals surface area contributed by atoms with Gasteiger partial charge in [-0.2, -0.15) is 4.31 Å². The molecule has 0 fully saturated rings. The second kappa shape index (κ2) is 6.74. The standard InChI is InChI=1S/C9H15NO7P2/c10-7-9(6-8-4-2-1-3-5-8)16-19(14,15)17-18(11,12)13/h1-5,9H,6-7,10H2,(H,14,15)(H2,11,12,13). The second-order valence-corrected chi connectivity index (χ2v) is 6.48. The first-order chi connectivity index (χ1) is 8.72. The maximum Gasteiger partial charge on any atom is 0.481 e. The SMILES string of the molecule is NCC(Cc1ccccc1)OP(=O)(O)OP(=O)(O)O. The predicted octanol–water partition coefficient (Wildman–Crippen LogP) is 0.783. The van der Waals surface area contributed by atoms with E-state index in [9.17, 15) is 14.0 Å². The van der Waals surface area contributed by atoms with Gasteiger partial charge in [-0.05, 0) is 5.56 Å². The third-order valence-electron chi connectivity index (χ3n) is 2.06. The summed E-state index contributed by atoms with van der Waals surface area (Å²) in [5.41, 5.74) is 6.18. The van der Waals surface area contributed by atoms with Crippen molar-refractivity contribution in [2.24, 2.45) is 5.73 Å². The van der Waals surface area contributed by atoms with Crippen LogP contribution >= 0.6 is 15.6 Å². The minimum Gasteiger partial charge on any atom is -0.328 e. The topological polar surface area (TPSA) is 139 Å². The molecule has 0 aromatic heterocycles. The van der Waals surface area contributed by atoms with Crippen LogP contribution in [0.15, 0.2) is 30.3 Å². The molecule has 0 heterocycles. The van der Waals surface area contributed by atoms with Gasteiger partial charge in [-0.1, -0.05) is 30.3 Å². The Labute approximate surface area is 110 Å². The predicted molar refractivity (Wildman–Crippen MR) is 67.0 cm³/mol. The highest BCUT2D eigenvalue weighted by molar-refractivity contribution is 7.60. The smallest absolute Gasteiger partial charge is 0.328 e. The van der Waals surface area contributed by atoms with E-state index in [1.54, 1.807) is 30.3 Å². The van der Waals surface area contributed by atoms with Crippen LogP contribution in [0.3, 0.4) is 0 Å². The van der Waals surface area contributed by atoms with Crippen molar-refractivity contribution in [1.29, 1.82) is 0 Å². The van der Waals surface area contributed by atoms with Gasteiger partial charge in [0.15, 0.2) is 0 Å². The first-order valence-corrected chi connectivity index (χ1v) is 8.26. The van der Waals surface area contributed by atoms with Gasteiger partial charge in [-0.25, -0.2) is 9.13 Å². The Bertz CT molecular complexity index is 489. The lowest BCUT2D eigenvalue weighted by Gasteiger charge is -2.19. The Hall–Kier alpha value is -0.560. The molecule has 5 N–H and O–H groups in total. The molecule has 10 heteroatoms. The van der Waals surface area contributed by atoms with Gasteiger partial charge in [0.2, 0.25) is 0 Å². The zero-order valence-corrected chi connectivity index (χ0v) is 11.6. The molecule has 2 unspecified atom stereocenters. The molecule has 19 heavy (non-hydrogen) atoms. The van der Waals surface area contributed by atoms with Crippen molar-refractivity contribution < 1.29 is 32.6 Å². The van der Waals surface area contributed by atoms with Gasteiger partial charge in [0.1, 0.15) is 0 Å². The maximum absolute atomic E-state index is 11.4. The average Bonchev–Trinajstić information content (AvgIpc) is 2.25. The molecule has 0 saturated heterocycles. The summed E-state index contributed by atoms with van der Waals surface area (Å²) in [7, 11) is -9.98. The fourth-order valence-corrected chi connectivity index (χ4v) is 3.15. The number of phosphoric acid groups is 2. The van der Waals surface area contributed by atoms with Crippen LogP contribution in [0.2, 0.25) is 0 Å². The largest absolute Gasteiger partial charge is 0.481 e. The van der Waals surface area contributed by atoms with E-state index in [0.717, 1.165) is 5.56 Å². The van der Waals surface area contributed by atoms with Crippen molar-refractivity contribution in [2.75, 3.05) is 6.54 Å². The van der Waals surface area contributed by atoms with Gasteiger partial charge < -0.3 is 20.4 Å². The number of benzene rings is 1. The van der Waals surface area contributed by atoms with E-state index in [1.165, 1.54) is 0 Å². The van der Waals surface area contributed by atoms with Crippen LogP contribution in [0, 0.1) is 0 Å². The highest BCUT2D eigenvalue weighted by Gasteiger charge is 2.34. The molecule has 0 aliphatic rings. The molecule has 0 aliphatic carbocycles. The van der Waals surface area contributed by atoms with E-state index >= 15 is 0 Å². The highest BCUT2D eigenvalue weighted by Crippen LogP contribution is 2.58. The van der Waals surface area contributed by atoms with Crippen molar-refractivity contribution in [3.63, 3.8) is 0 Å². The van der Waals surface area contributed by atoms with Gasteiger partial charge in [0.25, 0.3) is 0 Å². The fraction of sp³-hybridized carbons (Fsp3) is 0.333. The van der Waals surface area contributed by atoms with Gasteiger partial charge in [0, 0.05) is 13.0 Å². The summed E-state index contributed by atoms with van der Waals surface area (Å²) < 4.78 is 30.2. The van der Waals surface area contributed by atoms with Crippen LogP contribution in [0.25, 0.3) is 0 Å². The number of hydrogen-bond donors (Lipinski definition) is 4. The van der Waals surface area contributed by atoms with E-state index < -0.39 is 21.7 Å². The van der Waals surface area contributed by atoms with Gasteiger partial charge >= 0.3 is 15.6 Å². The monoisotopic (exact) mass is 311 g/mol. The second-order valence-electron chi connectivity index (χ2n) is 3.69. The fourth-order valence-electron chi connectivity index (χ4n) is 1.38. The molecule has 8 nitrogen and oxygen atoms in total. The molecule has 1 aromatic rings. The van der Waals surface area contributed by atoms with Crippen LogP contribution in [-0.2, 0) is 24.4 Å². The minimum absolute atomic E-state index is 0.107. The van der Waals surface area contributed by atoms with E-state index in [-0.39, 0.29) is 13.0 Å². The summed E-state index contributed by atoms with van der Waals surface area (Å²) in [5, 5.41) is 0. The van der Waals surface area contributed by atoms with Crippen LogP contribution in [0.1, 0.15) is 5.56 Å². The summed E-state index contributed by atoms with van der Waals surface area (Å²) in [6.07, 6.45) is -0.684. The highest BCUT2D eigenvalue weighted by atomic mass is 31.3. The quantitative estimate of drug-likeness (QED) is 0.542. The van der Waals surface area contributed by atoms with Crippen molar-refractivity contribution in [3.8, 4) is 0 Å². The lowest BCUT2D eigenvalue weighted by atomic mass is 10.1. The lowest BCUT2D eigenvalue weighted by Crippen LogP contribution is -2.25.